The standard InChI is InChI=1S/C18H13N3O/c22-18-16(17-19-10-11-20-17)15(12-6-2-1-3-7-12)13-8-4-5-9-14(13)21-18/h1-11H,(H,19,20)(H,21,22). The Bertz CT molecular complexity index is 986. The van der Waals surface area contributed by atoms with Gasteiger partial charge in [-0.1, -0.05) is 48.5 Å². The molecular weight excluding hydrogens is 274 g/mol. The van der Waals surface area contributed by atoms with Crippen LogP contribution in [0.3, 0.4) is 0 Å². The number of hydrogen-bond donors (Lipinski definition) is 2. The summed E-state index contributed by atoms with van der Waals surface area (Å²) in [5.41, 5.74) is 3.13. The van der Waals surface area contributed by atoms with Crippen LogP contribution < -0.4 is 5.56 Å². The molecule has 4 heteroatoms. The van der Waals surface area contributed by atoms with Crippen LogP contribution in [0.2, 0.25) is 0 Å². The van der Waals surface area contributed by atoms with Crippen molar-refractivity contribution in [1.29, 1.82) is 0 Å². The normalized spacial score (nSPS) is 10.9. The number of para-hydroxylation sites is 1. The molecule has 0 atom stereocenters. The predicted molar refractivity (Wildman–Crippen MR) is 87.6 cm³/mol. The molecule has 4 aromatic rings. The van der Waals surface area contributed by atoms with E-state index in [9.17, 15) is 4.79 Å². The Morgan fingerprint density at radius 3 is 2.41 bits per heavy atom. The molecule has 22 heavy (non-hydrogen) atoms. The predicted octanol–water partition coefficient (Wildman–Crippen LogP) is 3.59. The van der Waals surface area contributed by atoms with Gasteiger partial charge < -0.3 is 9.97 Å². The van der Waals surface area contributed by atoms with Gasteiger partial charge >= 0.3 is 0 Å². The maximum Gasteiger partial charge on any atom is 0.260 e. The number of aromatic amines is 2. The van der Waals surface area contributed by atoms with Gasteiger partial charge in [-0.05, 0) is 11.6 Å². The van der Waals surface area contributed by atoms with E-state index < -0.39 is 0 Å². The number of hydrogen-bond acceptors (Lipinski definition) is 2. The van der Waals surface area contributed by atoms with Crippen molar-refractivity contribution < 1.29 is 0 Å². The Hall–Kier alpha value is -3.14. The van der Waals surface area contributed by atoms with Gasteiger partial charge in [0.1, 0.15) is 5.82 Å². The summed E-state index contributed by atoms with van der Waals surface area (Å²) in [6.45, 7) is 0. The summed E-state index contributed by atoms with van der Waals surface area (Å²) in [5.74, 6) is 0.575. The fourth-order valence-electron chi connectivity index (χ4n) is 2.78. The minimum Gasteiger partial charge on any atom is -0.344 e. The number of pyridine rings is 1. The van der Waals surface area contributed by atoms with Gasteiger partial charge in [-0.2, -0.15) is 0 Å². The highest BCUT2D eigenvalue weighted by atomic mass is 16.1. The van der Waals surface area contributed by atoms with Crippen LogP contribution in [0.5, 0.6) is 0 Å². The second kappa shape index (κ2) is 5.00. The van der Waals surface area contributed by atoms with Crippen LogP contribution >= 0.6 is 0 Å². The van der Waals surface area contributed by atoms with Gasteiger partial charge in [0.25, 0.3) is 5.56 Å². The number of nitrogens with zero attached hydrogens (tertiary/aromatic N) is 1. The quantitative estimate of drug-likeness (QED) is 0.592. The van der Waals surface area contributed by atoms with E-state index in [2.05, 4.69) is 15.0 Å². The summed E-state index contributed by atoms with van der Waals surface area (Å²) in [6.07, 6.45) is 3.37. The fraction of sp³-hybridized carbons (Fsp3) is 0. The summed E-state index contributed by atoms with van der Waals surface area (Å²) >= 11 is 0. The molecule has 2 N–H and O–H groups in total. The first-order valence-corrected chi connectivity index (χ1v) is 7.05. The highest BCUT2D eigenvalue weighted by Gasteiger charge is 2.17. The zero-order valence-electron chi connectivity index (χ0n) is 11.7. The number of imidazole rings is 1. The lowest BCUT2D eigenvalue weighted by Crippen LogP contribution is -2.12. The molecule has 0 saturated heterocycles. The second-order valence-corrected chi connectivity index (χ2v) is 5.05. The number of nitrogens with one attached hydrogen (secondary N) is 2. The molecule has 0 unspecified atom stereocenters. The van der Waals surface area contributed by atoms with E-state index in [-0.39, 0.29) is 5.56 Å². The molecule has 0 amide bonds. The van der Waals surface area contributed by atoms with Crippen LogP contribution in [0.25, 0.3) is 33.4 Å². The molecule has 0 fully saturated rings. The summed E-state index contributed by atoms with van der Waals surface area (Å²) in [5, 5.41) is 1.000. The third kappa shape index (κ3) is 1.93. The van der Waals surface area contributed by atoms with E-state index in [1.165, 1.54) is 0 Å². The summed E-state index contributed by atoms with van der Waals surface area (Å²) in [7, 11) is 0. The van der Waals surface area contributed by atoms with E-state index in [4.69, 9.17) is 0 Å². The lowest BCUT2D eigenvalue weighted by molar-refractivity contribution is 1.24. The van der Waals surface area contributed by atoms with Crippen LogP contribution in [0, 0.1) is 0 Å². The number of aromatic nitrogens is 3. The average Bonchev–Trinajstić information content (AvgIpc) is 3.08. The second-order valence-electron chi connectivity index (χ2n) is 5.05. The van der Waals surface area contributed by atoms with Gasteiger partial charge in [-0.25, -0.2) is 4.98 Å². The third-order valence-electron chi connectivity index (χ3n) is 3.72. The van der Waals surface area contributed by atoms with Crippen molar-refractivity contribution in [3.63, 3.8) is 0 Å². The highest BCUT2D eigenvalue weighted by Crippen LogP contribution is 2.33. The molecule has 0 spiro atoms. The minimum atomic E-state index is -0.146. The maximum absolute atomic E-state index is 12.6. The van der Waals surface area contributed by atoms with E-state index >= 15 is 0 Å². The fourth-order valence-corrected chi connectivity index (χ4v) is 2.78. The van der Waals surface area contributed by atoms with Gasteiger partial charge in [0, 0.05) is 28.9 Å². The number of H-pyrrole nitrogens is 2. The smallest absolute Gasteiger partial charge is 0.260 e. The zero-order chi connectivity index (χ0) is 14.9. The molecule has 0 aliphatic rings. The topological polar surface area (TPSA) is 61.5 Å². The molecule has 2 aromatic carbocycles. The number of benzene rings is 2. The van der Waals surface area contributed by atoms with Crippen molar-refractivity contribution in [1.82, 2.24) is 15.0 Å². The molecule has 0 saturated carbocycles. The third-order valence-corrected chi connectivity index (χ3v) is 3.72. The van der Waals surface area contributed by atoms with E-state index in [1.807, 2.05) is 54.6 Å². The first kappa shape index (κ1) is 12.6. The van der Waals surface area contributed by atoms with Crippen LogP contribution in [0.1, 0.15) is 0 Å². The van der Waals surface area contributed by atoms with Gasteiger partial charge in [-0.15, -0.1) is 0 Å². The molecular formula is C18H13N3O. The largest absolute Gasteiger partial charge is 0.344 e. The van der Waals surface area contributed by atoms with Gasteiger partial charge in [0.05, 0.1) is 5.56 Å². The Morgan fingerprint density at radius 2 is 1.64 bits per heavy atom. The van der Waals surface area contributed by atoms with E-state index in [0.717, 1.165) is 22.0 Å². The van der Waals surface area contributed by atoms with Gasteiger partial charge in [0.2, 0.25) is 0 Å². The summed E-state index contributed by atoms with van der Waals surface area (Å²) in [4.78, 5) is 22.9. The Labute approximate surface area is 126 Å². The van der Waals surface area contributed by atoms with Crippen LogP contribution in [-0.2, 0) is 0 Å². The summed E-state index contributed by atoms with van der Waals surface area (Å²) in [6, 6.07) is 17.7. The van der Waals surface area contributed by atoms with Crippen LogP contribution in [0.4, 0.5) is 0 Å². The molecule has 0 aliphatic heterocycles. The molecule has 4 rings (SSSR count). The highest BCUT2D eigenvalue weighted by molar-refractivity contribution is 6.01. The van der Waals surface area contributed by atoms with E-state index in [0.29, 0.717) is 11.4 Å². The number of rotatable bonds is 2. The minimum absolute atomic E-state index is 0.146. The van der Waals surface area contributed by atoms with Crippen molar-refractivity contribution in [3.8, 4) is 22.5 Å². The molecule has 0 aliphatic carbocycles. The molecule has 4 nitrogen and oxygen atoms in total. The van der Waals surface area contributed by atoms with Gasteiger partial charge in [0.15, 0.2) is 0 Å². The zero-order valence-corrected chi connectivity index (χ0v) is 11.7. The van der Waals surface area contributed by atoms with Crippen molar-refractivity contribution >= 4 is 10.9 Å². The maximum atomic E-state index is 12.6. The Morgan fingerprint density at radius 1 is 0.864 bits per heavy atom. The number of fused-ring (bicyclic) bond motifs is 1. The first-order valence-electron chi connectivity index (χ1n) is 7.05. The lowest BCUT2D eigenvalue weighted by Gasteiger charge is -2.11. The van der Waals surface area contributed by atoms with Crippen molar-refractivity contribution in [3.05, 3.63) is 77.3 Å². The molecule has 2 heterocycles. The van der Waals surface area contributed by atoms with Crippen molar-refractivity contribution in [2.75, 3.05) is 0 Å². The van der Waals surface area contributed by atoms with Crippen molar-refractivity contribution in [2.24, 2.45) is 0 Å². The lowest BCUT2D eigenvalue weighted by atomic mass is 9.96. The first-order chi connectivity index (χ1) is 10.8. The van der Waals surface area contributed by atoms with Crippen LogP contribution in [0.15, 0.2) is 71.8 Å². The molecule has 0 bridgehead atoms. The van der Waals surface area contributed by atoms with Crippen LogP contribution in [-0.4, -0.2) is 15.0 Å². The molecule has 0 radical (unpaired) electrons. The van der Waals surface area contributed by atoms with E-state index in [1.54, 1.807) is 12.4 Å². The Kier molecular flexibility index (Phi) is 2.86. The van der Waals surface area contributed by atoms with Gasteiger partial charge in [-0.3, -0.25) is 4.79 Å². The monoisotopic (exact) mass is 287 g/mol. The Balaban J connectivity index is 2.19. The van der Waals surface area contributed by atoms with Crippen molar-refractivity contribution in [2.45, 2.75) is 0 Å². The average molecular weight is 287 g/mol. The molecule has 106 valence electrons. The molecule has 2 aromatic heterocycles. The SMILES string of the molecule is O=c1[nH]c2ccccc2c(-c2ccccc2)c1-c1ncc[nH]1. The summed E-state index contributed by atoms with van der Waals surface area (Å²) < 4.78 is 0.